The molecule has 0 saturated heterocycles. The predicted octanol–water partition coefficient (Wildman–Crippen LogP) is 3.46. The van der Waals surface area contributed by atoms with Crippen LogP contribution in [0.4, 0.5) is 18.9 Å². The van der Waals surface area contributed by atoms with Crippen LogP contribution in [0.1, 0.15) is 17.5 Å². The molecule has 0 aliphatic heterocycles. The Morgan fingerprint density at radius 3 is 2.12 bits per heavy atom. The van der Waals surface area contributed by atoms with Crippen molar-refractivity contribution in [3.8, 4) is 5.75 Å². The largest absolute Gasteiger partial charge is 0.573 e. The number of ether oxygens (including phenoxy) is 1. The molecule has 0 aliphatic carbocycles. The van der Waals surface area contributed by atoms with Gasteiger partial charge in [-0.3, -0.25) is 4.79 Å². The van der Waals surface area contributed by atoms with Gasteiger partial charge in [0.05, 0.1) is 0 Å². The molecule has 0 atom stereocenters. The minimum absolute atomic E-state index is 0.105. The van der Waals surface area contributed by atoms with Crippen LogP contribution in [0, 0.1) is 0 Å². The van der Waals surface area contributed by atoms with Crippen LogP contribution in [0.2, 0.25) is 0 Å². The van der Waals surface area contributed by atoms with E-state index in [2.05, 4.69) is 10.1 Å². The number of aryl methyl sites for hydroxylation is 1. The predicted molar refractivity (Wildman–Crippen MR) is 89.0 cm³/mol. The lowest BCUT2D eigenvalue weighted by Gasteiger charge is -2.09. The normalized spacial score (nSPS) is 11.2. The molecule has 0 aliphatic rings. The number of nitrogens with one attached hydrogen (secondary N) is 1. The lowest BCUT2D eigenvalue weighted by molar-refractivity contribution is -0.274. The van der Waals surface area contributed by atoms with Gasteiger partial charge in [0.1, 0.15) is 5.75 Å². The van der Waals surface area contributed by atoms with Crippen molar-refractivity contribution in [1.29, 1.82) is 0 Å². The highest BCUT2D eigenvalue weighted by atomic mass is 19.4. The molecule has 25 heavy (non-hydrogen) atoms. The number of anilines is 1. The van der Waals surface area contributed by atoms with Gasteiger partial charge in [-0.25, -0.2) is 0 Å². The Balaban J connectivity index is 1.70. The van der Waals surface area contributed by atoms with E-state index in [1.807, 2.05) is 24.3 Å². The van der Waals surface area contributed by atoms with Crippen molar-refractivity contribution in [1.82, 2.24) is 5.32 Å². The van der Waals surface area contributed by atoms with E-state index in [1.165, 1.54) is 24.3 Å². The molecule has 0 unspecified atom stereocenters. The highest BCUT2D eigenvalue weighted by Crippen LogP contribution is 2.22. The van der Waals surface area contributed by atoms with E-state index in [1.54, 1.807) is 0 Å². The summed E-state index contributed by atoms with van der Waals surface area (Å²) >= 11 is 0. The number of nitrogen functional groups attached to an aromatic ring is 1. The van der Waals surface area contributed by atoms with Gasteiger partial charge in [0, 0.05) is 18.7 Å². The first-order chi connectivity index (χ1) is 11.8. The molecule has 2 aromatic rings. The summed E-state index contributed by atoms with van der Waals surface area (Å²) in [6.07, 6.45) is -3.29. The van der Waals surface area contributed by atoms with Crippen LogP contribution in [0.15, 0.2) is 48.5 Å². The minimum Gasteiger partial charge on any atom is -0.406 e. The molecule has 0 fully saturated rings. The highest BCUT2D eigenvalue weighted by Gasteiger charge is 2.30. The van der Waals surface area contributed by atoms with Gasteiger partial charge in [0.15, 0.2) is 0 Å². The molecule has 2 aromatic carbocycles. The zero-order valence-corrected chi connectivity index (χ0v) is 13.5. The van der Waals surface area contributed by atoms with E-state index >= 15 is 0 Å². The Kier molecular flexibility index (Phi) is 6.27. The SMILES string of the molecule is Nc1ccc(CCNC(=O)CCc2ccc(OC(F)(F)F)cc2)cc1. The molecule has 0 bridgehead atoms. The number of rotatable bonds is 7. The Morgan fingerprint density at radius 1 is 0.960 bits per heavy atom. The summed E-state index contributed by atoms with van der Waals surface area (Å²) in [5, 5.41) is 2.81. The third-order valence-electron chi connectivity index (χ3n) is 3.51. The van der Waals surface area contributed by atoms with E-state index in [0.717, 1.165) is 11.1 Å². The molecular formula is C18H19F3N2O2. The topological polar surface area (TPSA) is 64.3 Å². The van der Waals surface area contributed by atoms with E-state index < -0.39 is 6.36 Å². The third-order valence-corrected chi connectivity index (χ3v) is 3.51. The summed E-state index contributed by atoms with van der Waals surface area (Å²) < 4.78 is 40.0. The summed E-state index contributed by atoms with van der Waals surface area (Å²) in [4.78, 5) is 11.8. The smallest absolute Gasteiger partial charge is 0.406 e. The van der Waals surface area contributed by atoms with Crippen LogP contribution in [0.25, 0.3) is 0 Å². The Bertz CT molecular complexity index is 683. The van der Waals surface area contributed by atoms with E-state index in [0.29, 0.717) is 25.1 Å². The lowest BCUT2D eigenvalue weighted by atomic mass is 10.1. The summed E-state index contributed by atoms with van der Waals surface area (Å²) in [5.74, 6) is -0.379. The maximum Gasteiger partial charge on any atom is 0.573 e. The van der Waals surface area contributed by atoms with Gasteiger partial charge in [-0.1, -0.05) is 24.3 Å². The number of amides is 1. The van der Waals surface area contributed by atoms with Crippen molar-refractivity contribution >= 4 is 11.6 Å². The number of hydrogen-bond donors (Lipinski definition) is 2. The molecule has 1 amide bonds. The van der Waals surface area contributed by atoms with Gasteiger partial charge in [-0.15, -0.1) is 13.2 Å². The molecular weight excluding hydrogens is 333 g/mol. The molecule has 3 N–H and O–H groups in total. The van der Waals surface area contributed by atoms with Gasteiger partial charge < -0.3 is 15.8 Å². The number of nitrogens with two attached hydrogens (primary N) is 1. The second-order valence-corrected chi connectivity index (χ2v) is 5.53. The van der Waals surface area contributed by atoms with E-state index in [4.69, 9.17) is 5.73 Å². The van der Waals surface area contributed by atoms with Gasteiger partial charge in [0.2, 0.25) is 5.91 Å². The number of alkyl halides is 3. The van der Waals surface area contributed by atoms with Gasteiger partial charge in [-0.05, 0) is 48.2 Å². The van der Waals surface area contributed by atoms with Crippen molar-refractivity contribution in [3.05, 3.63) is 59.7 Å². The van der Waals surface area contributed by atoms with Crippen molar-refractivity contribution in [3.63, 3.8) is 0 Å². The number of carbonyl (C=O) groups excluding carboxylic acids is 1. The van der Waals surface area contributed by atoms with Crippen molar-refractivity contribution < 1.29 is 22.7 Å². The molecule has 0 radical (unpaired) electrons. The standard InChI is InChI=1S/C18H19F3N2O2/c19-18(20,21)25-16-8-3-13(4-9-16)5-10-17(24)23-12-11-14-1-6-15(22)7-2-14/h1-4,6-9H,5,10-12,22H2,(H,23,24). The molecule has 7 heteroatoms. The third kappa shape index (κ3) is 7.15. The van der Waals surface area contributed by atoms with E-state index in [9.17, 15) is 18.0 Å². The highest BCUT2D eigenvalue weighted by molar-refractivity contribution is 5.76. The Hall–Kier alpha value is -2.70. The number of benzene rings is 2. The fraction of sp³-hybridized carbons (Fsp3) is 0.278. The zero-order valence-electron chi connectivity index (χ0n) is 13.5. The van der Waals surface area contributed by atoms with Crippen molar-refractivity contribution in [2.75, 3.05) is 12.3 Å². The quantitative estimate of drug-likeness (QED) is 0.750. The van der Waals surface area contributed by atoms with Crippen LogP contribution >= 0.6 is 0 Å². The van der Waals surface area contributed by atoms with Crippen LogP contribution in [-0.2, 0) is 17.6 Å². The first-order valence-electron chi connectivity index (χ1n) is 7.77. The van der Waals surface area contributed by atoms with E-state index in [-0.39, 0.29) is 18.1 Å². The summed E-state index contributed by atoms with van der Waals surface area (Å²) in [6, 6.07) is 12.9. The fourth-order valence-electron chi connectivity index (χ4n) is 2.23. The summed E-state index contributed by atoms with van der Waals surface area (Å²) in [7, 11) is 0. The van der Waals surface area contributed by atoms with Crippen molar-refractivity contribution in [2.24, 2.45) is 0 Å². The second-order valence-electron chi connectivity index (χ2n) is 5.53. The Morgan fingerprint density at radius 2 is 1.52 bits per heavy atom. The molecule has 4 nitrogen and oxygen atoms in total. The molecule has 0 heterocycles. The fourth-order valence-corrected chi connectivity index (χ4v) is 2.23. The first kappa shape index (κ1) is 18.6. The average Bonchev–Trinajstić information content (AvgIpc) is 2.55. The lowest BCUT2D eigenvalue weighted by Crippen LogP contribution is -2.25. The van der Waals surface area contributed by atoms with Crippen LogP contribution in [0.3, 0.4) is 0 Å². The first-order valence-corrected chi connectivity index (χ1v) is 7.77. The van der Waals surface area contributed by atoms with Crippen LogP contribution in [0.5, 0.6) is 5.75 Å². The summed E-state index contributed by atoms with van der Waals surface area (Å²) in [5.41, 5.74) is 8.14. The van der Waals surface area contributed by atoms with Gasteiger partial charge in [-0.2, -0.15) is 0 Å². The maximum atomic E-state index is 12.1. The maximum absolute atomic E-state index is 12.1. The molecule has 0 aromatic heterocycles. The van der Waals surface area contributed by atoms with Gasteiger partial charge in [0.25, 0.3) is 0 Å². The Labute approximate surface area is 143 Å². The van der Waals surface area contributed by atoms with Crippen molar-refractivity contribution in [2.45, 2.75) is 25.6 Å². The van der Waals surface area contributed by atoms with Crippen LogP contribution < -0.4 is 15.8 Å². The monoisotopic (exact) mass is 352 g/mol. The average molecular weight is 352 g/mol. The molecule has 134 valence electrons. The number of hydrogen-bond acceptors (Lipinski definition) is 3. The van der Waals surface area contributed by atoms with Crippen LogP contribution in [-0.4, -0.2) is 18.8 Å². The number of carbonyl (C=O) groups is 1. The molecule has 2 rings (SSSR count). The number of halogens is 3. The van der Waals surface area contributed by atoms with Gasteiger partial charge >= 0.3 is 6.36 Å². The minimum atomic E-state index is -4.70. The molecule has 0 spiro atoms. The molecule has 0 saturated carbocycles. The zero-order chi connectivity index (χ0) is 18.3. The second kappa shape index (κ2) is 8.41. The summed E-state index contributed by atoms with van der Waals surface area (Å²) in [6.45, 7) is 0.515.